The van der Waals surface area contributed by atoms with E-state index < -0.39 is 36.6 Å². The van der Waals surface area contributed by atoms with Crippen molar-refractivity contribution >= 4 is 0 Å². The van der Waals surface area contributed by atoms with Crippen molar-refractivity contribution in [1.82, 2.24) is 0 Å². The summed E-state index contributed by atoms with van der Waals surface area (Å²) in [6, 6.07) is 0. The van der Waals surface area contributed by atoms with Crippen molar-refractivity contribution in [3.8, 4) is 0 Å². The van der Waals surface area contributed by atoms with Gasteiger partial charge >= 0.3 is 0 Å². The summed E-state index contributed by atoms with van der Waals surface area (Å²) in [5.41, 5.74) is 0.842. The van der Waals surface area contributed by atoms with Crippen LogP contribution < -0.4 is 0 Å². The Balaban J connectivity index is 1.72. The molecule has 0 amide bonds. The molecule has 0 saturated heterocycles. The maximum absolute atomic E-state index is 10.2. The van der Waals surface area contributed by atoms with E-state index in [-0.39, 0.29) is 31.5 Å². The van der Waals surface area contributed by atoms with Crippen LogP contribution >= 0.6 is 0 Å². The number of fused-ring (bicyclic) bond motifs is 1. The number of aliphatic hydroxyl groups is 5. The highest BCUT2D eigenvalue weighted by Gasteiger charge is 2.46. The molecule has 7 heteroatoms. The molecular weight excluding hydrogens is 304 g/mol. The highest BCUT2D eigenvalue weighted by Crippen LogP contribution is 2.41. The second-order valence-corrected chi connectivity index (χ2v) is 6.52. The Morgan fingerprint density at radius 1 is 1.13 bits per heavy atom. The molecule has 8 atom stereocenters. The second kappa shape index (κ2) is 6.88. The summed E-state index contributed by atoms with van der Waals surface area (Å²) in [6.07, 6.45) is 1.21. The summed E-state index contributed by atoms with van der Waals surface area (Å²) >= 11 is 0. The molecule has 0 spiro atoms. The summed E-state index contributed by atoms with van der Waals surface area (Å²) < 4.78 is 11.4. The standard InChI is InChI=1S/C16H24O7/c17-6-9-2-1-8-3-4-22-16(12(8)9)23-11-5-10(7-18)13(19)15(21)14(11)20/h2-4,8,10-21H,1,5-7H2. The van der Waals surface area contributed by atoms with Crippen LogP contribution in [0.3, 0.4) is 0 Å². The van der Waals surface area contributed by atoms with Crippen molar-refractivity contribution < 1.29 is 35.0 Å². The topological polar surface area (TPSA) is 120 Å². The van der Waals surface area contributed by atoms with Gasteiger partial charge in [0.15, 0.2) is 0 Å². The van der Waals surface area contributed by atoms with Gasteiger partial charge in [0.2, 0.25) is 6.29 Å². The molecule has 1 fully saturated rings. The summed E-state index contributed by atoms with van der Waals surface area (Å²) in [4.78, 5) is 0. The number of hydrogen-bond acceptors (Lipinski definition) is 7. The van der Waals surface area contributed by atoms with Gasteiger partial charge in [0, 0.05) is 12.5 Å². The molecule has 8 unspecified atom stereocenters. The number of hydrogen-bond donors (Lipinski definition) is 5. The lowest BCUT2D eigenvalue weighted by Gasteiger charge is -2.42. The lowest BCUT2D eigenvalue weighted by atomic mass is 9.81. The fourth-order valence-corrected chi connectivity index (χ4v) is 3.78. The van der Waals surface area contributed by atoms with Crippen molar-refractivity contribution in [2.24, 2.45) is 17.8 Å². The normalized spacial score (nSPS) is 46.2. The van der Waals surface area contributed by atoms with Crippen LogP contribution in [0.2, 0.25) is 0 Å². The maximum atomic E-state index is 10.2. The molecule has 0 radical (unpaired) electrons. The minimum absolute atomic E-state index is 0.0773. The van der Waals surface area contributed by atoms with Crippen molar-refractivity contribution in [1.29, 1.82) is 0 Å². The molecule has 1 saturated carbocycles. The predicted molar refractivity (Wildman–Crippen MR) is 78.9 cm³/mol. The summed E-state index contributed by atoms with van der Waals surface area (Å²) in [5, 5.41) is 48.8. The largest absolute Gasteiger partial charge is 0.472 e. The third kappa shape index (κ3) is 3.05. The van der Waals surface area contributed by atoms with Crippen LogP contribution in [0.4, 0.5) is 0 Å². The van der Waals surface area contributed by atoms with Crippen LogP contribution in [0.1, 0.15) is 12.8 Å². The molecule has 1 heterocycles. The minimum Gasteiger partial charge on any atom is -0.472 e. The molecule has 2 aliphatic carbocycles. The zero-order chi connectivity index (χ0) is 16.6. The molecule has 3 aliphatic rings. The lowest BCUT2D eigenvalue weighted by molar-refractivity contribution is -0.240. The van der Waals surface area contributed by atoms with Crippen molar-refractivity contribution in [3.63, 3.8) is 0 Å². The molecule has 0 aromatic heterocycles. The zero-order valence-corrected chi connectivity index (χ0v) is 12.7. The Hall–Kier alpha value is -0.960. The molecule has 23 heavy (non-hydrogen) atoms. The third-order valence-corrected chi connectivity index (χ3v) is 5.20. The third-order valence-electron chi connectivity index (χ3n) is 5.20. The summed E-state index contributed by atoms with van der Waals surface area (Å²) in [5.74, 6) is -0.515. The summed E-state index contributed by atoms with van der Waals surface area (Å²) in [6.45, 7) is -0.379. The first-order valence-corrected chi connectivity index (χ1v) is 7.99. The van der Waals surface area contributed by atoms with Crippen LogP contribution in [-0.4, -0.2) is 69.5 Å². The highest BCUT2D eigenvalue weighted by atomic mass is 16.7. The molecule has 1 aliphatic heterocycles. The minimum atomic E-state index is -1.38. The Morgan fingerprint density at radius 2 is 1.91 bits per heavy atom. The van der Waals surface area contributed by atoms with Gasteiger partial charge in [-0.1, -0.05) is 6.08 Å². The SMILES string of the molecule is OCC1=CCC2C=COC(OC3CC(CO)C(O)C(O)C3O)C12. The molecule has 7 nitrogen and oxygen atoms in total. The van der Waals surface area contributed by atoms with Crippen molar-refractivity contribution in [2.45, 2.75) is 43.5 Å². The van der Waals surface area contributed by atoms with E-state index in [1.807, 2.05) is 12.2 Å². The van der Waals surface area contributed by atoms with Crippen LogP contribution in [0.5, 0.6) is 0 Å². The van der Waals surface area contributed by atoms with Gasteiger partial charge in [-0.15, -0.1) is 0 Å². The second-order valence-electron chi connectivity index (χ2n) is 6.52. The van der Waals surface area contributed by atoms with Gasteiger partial charge in [-0.3, -0.25) is 0 Å². The zero-order valence-electron chi connectivity index (χ0n) is 12.7. The number of rotatable bonds is 4. The maximum Gasteiger partial charge on any atom is 0.206 e. The monoisotopic (exact) mass is 328 g/mol. The van der Waals surface area contributed by atoms with Crippen LogP contribution in [0.25, 0.3) is 0 Å². The first-order valence-electron chi connectivity index (χ1n) is 7.99. The fraction of sp³-hybridized carbons (Fsp3) is 0.750. The summed E-state index contributed by atoms with van der Waals surface area (Å²) in [7, 11) is 0. The average molecular weight is 328 g/mol. The number of aliphatic hydroxyl groups excluding tert-OH is 5. The van der Waals surface area contributed by atoms with Gasteiger partial charge in [-0.05, 0) is 30.4 Å². The Labute approximate surface area is 134 Å². The van der Waals surface area contributed by atoms with E-state index in [2.05, 4.69) is 0 Å². The molecular formula is C16H24O7. The van der Waals surface area contributed by atoms with Gasteiger partial charge in [-0.2, -0.15) is 0 Å². The first-order chi connectivity index (χ1) is 11.1. The van der Waals surface area contributed by atoms with Gasteiger partial charge in [-0.25, -0.2) is 0 Å². The highest BCUT2D eigenvalue weighted by molar-refractivity contribution is 5.21. The van der Waals surface area contributed by atoms with Gasteiger partial charge in [0.1, 0.15) is 12.2 Å². The van der Waals surface area contributed by atoms with E-state index in [4.69, 9.17) is 9.47 Å². The first kappa shape index (κ1) is 16.9. The van der Waals surface area contributed by atoms with Crippen molar-refractivity contribution in [2.75, 3.05) is 13.2 Å². The predicted octanol–water partition coefficient (Wildman–Crippen LogP) is -1.11. The molecule has 0 bridgehead atoms. The van der Waals surface area contributed by atoms with E-state index in [9.17, 15) is 25.5 Å². The molecule has 0 aromatic carbocycles. The smallest absolute Gasteiger partial charge is 0.206 e. The Bertz CT molecular complexity index is 475. The quantitative estimate of drug-likeness (QED) is 0.415. The van der Waals surface area contributed by atoms with E-state index in [1.54, 1.807) is 6.26 Å². The number of ether oxygens (including phenoxy) is 2. The Kier molecular flexibility index (Phi) is 5.05. The number of allylic oxidation sites excluding steroid dienone is 2. The fourth-order valence-electron chi connectivity index (χ4n) is 3.78. The van der Waals surface area contributed by atoms with E-state index >= 15 is 0 Å². The van der Waals surface area contributed by atoms with E-state index in [0.717, 1.165) is 12.0 Å². The van der Waals surface area contributed by atoms with Crippen LogP contribution in [0.15, 0.2) is 24.0 Å². The van der Waals surface area contributed by atoms with Crippen LogP contribution in [0, 0.1) is 17.8 Å². The van der Waals surface area contributed by atoms with Crippen LogP contribution in [-0.2, 0) is 9.47 Å². The molecule has 5 N–H and O–H groups in total. The lowest BCUT2D eigenvalue weighted by Crippen LogP contribution is -2.56. The molecule has 0 aromatic rings. The molecule has 130 valence electrons. The van der Waals surface area contributed by atoms with E-state index in [0.29, 0.717) is 0 Å². The van der Waals surface area contributed by atoms with Gasteiger partial charge in [0.05, 0.1) is 31.0 Å². The van der Waals surface area contributed by atoms with Gasteiger partial charge < -0.3 is 35.0 Å². The van der Waals surface area contributed by atoms with E-state index in [1.165, 1.54) is 0 Å². The van der Waals surface area contributed by atoms with Crippen molar-refractivity contribution in [3.05, 3.63) is 24.0 Å². The molecule has 3 rings (SSSR count). The van der Waals surface area contributed by atoms with Gasteiger partial charge in [0.25, 0.3) is 0 Å². The average Bonchev–Trinajstić information content (AvgIpc) is 2.99. The Morgan fingerprint density at radius 3 is 2.61 bits per heavy atom.